The lowest BCUT2D eigenvalue weighted by molar-refractivity contribution is -0.138. The van der Waals surface area contributed by atoms with Gasteiger partial charge in [-0.25, -0.2) is 0 Å². The first kappa shape index (κ1) is 19.1. The molecule has 0 spiro atoms. The van der Waals surface area contributed by atoms with Crippen LogP contribution in [0.1, 0.15) is 43.5 Å². The lowest BCUT2D eigenvalue weighted by atomic mass is 9.93. The average molecular weight is 349 g/mol. The van der Waals surface area contributed by atoms with E-state index in [1.54, 1.807) is 30.2 Å². The first-order chi connectivity index (χ1) is 11.9. The number of carboxylic acid groups (broad SMARTS) is 1. The fourth-order valence-electron chi connectivity index (χ4n) is 2.95. The summed E-state index contributed by atoms with van der Waals surface area (Å²) in [6.07, 6.45) is 1.63. The quantitative estimate of drug-likeness (QED) is 0.819. The Bertz CT molecular complexity index is 606. The molecule has 1 N–H and O–H groups in total. The van der Waals surface area contributed by atoms with Crippen molar-refractivity contribution in [3.8, 4) is 11.5 Å². The van der Waals surface area contributed by atoms with Crippen LogP contribution in [-0.2, 0) is 4.79 Å². The number of amides is 1. The van der Waals surface area contributed by atoms with Crippen LogP contribution in [0.25, 0.3) is 0 Å². The van der Waals surface area contributed by atoms with E-state index in [4.69, 9.17) is 14.6 Å². The van der Waals surface area contributed by atoms with Crippen LogP contribution in [0, 0.1) is 11.8 Å². The number of hydrogen-bond acceptors (Lipinski definition) is 4. The van der Waals surface area contributed by atoms with Gasteiger partial charge in [0, 0.05) is 25.1 Å². The van der Waals surface area contributed by atoms with Gasteiger partial charge in [0.2, 0.25) is 0 Å². The predicted octanol–water partition coefficient (Wildman–Crippen LogP) is 3.06. The highest BCUT2D eigenvalue weighted by atomic mass is 16.5. The SMILES string of the molecule is COc1cc(C(=O)N2CCC(CC(=O)O)CC2)ccc1OCC(C)C. The Kier molecular flexibility index (Phi) is 6.67. The summed E-state index contributed by atoms with van der Waals surface area (Å²) < 4.78 is 11.1. The largest absolute Gasteiger partial charge is 0.493 e. The lowest BCUT2D eigenvalue weighted by Crippen LogP contribution is -2.38. The van der Waals surface area contributed by atoms with Gasteiger partial charge in [-0.15, -0.1) is 0 Å². The van der Waals surface area contributed by atoms with Crippen molar-refractivity contribution < 1.29 is 24.2 Å². The zero-order valence-corrected chi connectivity index (χ0v) is 15.2. The second-order valence-electron chi connectivity index (χ2n) is 6.90. The predicted molar refractivity (Wildman–Crippen MR) is 94.2 cm³/mol. The number of hydrogen-bond donors (Lipinski definition) is 1. The van der Waals surface area contributed by atoms with Crippen LogP contribution in [0.3, 0.4) is 0 Å². The highest BCUT2D eigenvalue weighted by molar-refractivity contribution is 5.95. The van der Waals surface area contributed by atoms with Crippen LogP contribution in [0.4, 0.5) is 0 Å². The monoisotopic (exact) mass is 349 g/mol. The fourth-order valence-corrected chi connectivity index (χ4v) is 2.95. The molecule has 6 nitrogen and oxygen atoms in total. The zero-order chi connectivity index (χ0) is 18.4. The van der Waals surface area contributed by atoms with Crippen molar-refractivity contribution in [2.24, 2.45) is 11.8 Å². The number of carboxylic acids is 1. The highest BCUT2D eigenvalue weighted by Gasteiger charge is 2.25. The zero-order valence-electron chi connectivity index (χ0n) is 15.2. The van der Waals surface area contributed by atoms with E-state index in [2.05, 4.69) is 13.8 Å². The first-order valence-corrected chi connectivity index (χ1v) is 8.72. The molecule has 0 atom stereocenters. The molecular weight excluding hydrogens is 322 g/mol. The topological polar surface area (TPSA) is 76.1 Å². The van der Waals surface area contributed by atoms with E-state index < -0.39 is 5.97 Å². The normalized spacial score (nSPS) is 15.3. The minimum absolute atomic E-state index is 0.0533. The van der Waals surface area contributed by atoms with Gasteiger partial charge in [-0.3, -0.25) is 9.59 Å². The van der Waals surface area contributed by atoms with E-state index in [-0.39, 0.29) is 18.2 Å². The van der Waals surface area contributed by atoms with Crippen LogP contribution in [0.15, 0.2) is 18.2 Å². The smallest absolute Gasteiger partial charge is 0.303 e. The molecule has 1 aromatic rings. The molecule has 1 aliphatic rings. The van der Waals surface area contributed by atoms with Gasteiger partial charge in [0.1, 0.15) is 0 Å². The maximum Gasteiger partial charge on any atom is 0.303 e. The molecular formula is C19H27NO5. The molecule has 1 aliphatic heterocycles. The first-order valence-electron chi connectivity index (χ1n) is 8.72. The molecule has 1 aromatic carbocycles. The molecule has 138 valence electrons. The number of methoxy groups -OCH3 is 1. The third-order valence-corrected chi connectivity index (χ3v) is 4.35. The molecule has 1 fully saturated rings. The molecule has 1 heterocycles. The molecule has 0 bridgehead atoms. The summed E-state index contributed by atoms with van der Waals surface area (Å²) in [7, 11) is 1.56. The molecule has 0 saturated carbocycles. The Balaban J connectivity index is 2.01. The molecule has 2 rings (SSSR count). The van der Waals surface area contributed by atoms with Gasteiger partial charge in [0.05, 0.1) is 13.7 Å². The summed E-state index contributed by atoms with van der Waals surface area (Å²) in [6.45, 7) is 5.90. The van der Waals surface area contributed by atoms with Gasteiger partial charge >= 0.3 is 5.97 Å². The molecule has 0 aliphatic carbocycles. The maximum atomic E-state index is 12.7. The number of carbonyl (C=O) groups is 2. The van der Waals surface area contributed by atoms with E-state index in [9.17, 15) is 9.59 Å². The van der Waals surface area contributed by atoms with Crippen molar-refractivity contribution in [3.63, 3.8) is 0 Å². The second-order valence-corrected chi connectivity index (χ2v) is 6.90. The molecule has 6 heteroatoms. The third kappa shape index (κ3) is 5.37. The molecule has 1 amide bonds. The van der Waals surface area contributed by atoms with E-state index in [0.717, 1.165) is 12.8 Å². The molecule has 0 radical (unpaired) electrons. The summed E-state index contributed by atoms with van der Waals surface area (Å²) in [5, 5.41) is 8.87. The van der Waals surface area contributed by atoms with Crippen molar-refractivity contribution in [2.45, 2.75) is 33.1 Å². The molecule has 25 heavy (non-hydrogen) atoms. The van der Waals surface area contributed by atoms with Crippen molar-refractivity contribution in [3.05, 3.63) is 23.8 Å². The second kappa shape index (κ2) is 8.74. The Labute approximate surface area is 148 Å². The number of benzene rings is 1. The Hall–Kier alpha value is -2.24. The summed E-state index contributed by atoms with van der Waals surface area (Å²) >= 11 is 0. The minimum Gasteiger partial charge on any atom is -0.493 e. The van der Waals surface area contributed by atoms with Crippen LogP contribution in [-0.4, -0.2) is 48.7 Å². The van der Waals surface area contributed by atoms with Crippen molar-refractivity contribution in [1.29, 1.82) is 0 Å². The number of piperidine rings is 1. The van der Waals surface area contributed by atoms with Gasteiger partial charge in [0.15, 0.2) is 11.5 Å². The van der Waals surface area contributed by atoms with E-state index >= 15 is 0 Å². The summed E-state index contributed by atoms with van der Waals surface area (Å²) in [5.41, 5.74) is 0.561. The molecule has 1 saturated heterocycles. The van der Waals surface area contributed by atoms with Crippen LogP contribution in [0.2, 0.25) is 0 Å². The maximum absolute atomic E-state index is 12.7. The number of ether oxygens (including phenoxy) is 2. The van der Waals surface area contributed by atoms with Crippen molar-refractivity contribution in [1.82, 2.24) is 4.90 Å². The van der Waals surface area contributed by atoms with E-state index in [1.165, 1.54) is 0 Å². The summed E-state index contributed by atoms with van der Waals surface area (Å²) in [4.78, 5) is 25.3. The van der Waals surface area contributed by atoms with E-state index in [0.29, 0.717) is 42.7 Å². The fraction of sp³-hybridized carbons (Fsp3) is 0.579. The molecule has 0 aromatic heterocycles. The number of rotatable bonds is 7. The summed E-state index contributed by atoms with van der Waals surface area (Å²) in [5.74, 6) is 0.912. The average Bonchev–Trinajstić information content (AvgIpc) is 2.59. The standard InChI is InChI=1S/C19H27NO5/c1-13(2)12-25-16-5-4-15(11-17(16)24-3)19(23)20-8-6-14(7-9-20)10-18(21)22/h4-5,11,13-14H,6-10,12H2,1-3H3,(H,21,22). The number of carbonyl (C=O) groups excluding carboxylic acids is 1. The molecule has 0 unspecified atom stereocenters. The lowest BCUT2D eigenvalue weighted by Gasteiger charge is -2.31. The van der Waals surface area contributed by atoms with Gasteiger partial charge in [-0.1, -0.05) is 13.8 Å². The van der Waals surface area contributed by atoms with Crippen molar-refractivity contribution in [2.75, 3.05) is 26.8 Å². The Morgan fingerprint density at radius 3 is 2.48 bits per heavy atom. The number of nitrogens with zero attached hydrogens (tertiary/aromatic N) is 1. The Morgan fingerprint density at radius 1 is 1.24 bits per heavy atom. The van der Waals surface area contributed by atoms with Gasteiger partial charge in [-0.2, -0.15) is 0 Å². The van der Waals surface area contributed by atoms with Gasteiger partial charge in [0.25, 0.3) is 5.91 Å². The van der Waals surface area contributed by atoms with Crippen LogP contribution >= 0.6 is 0 Å². The van der Waals surface area contributed by atoms with Crippen molar-refractivity contribution >= 4 is 11.9 Å². The summed E-state index contributed by atoms with van der Waals surface area (Å²) in [6, 6.07) is 5.23. The highest BCUT2D eigenvalue weighted by Crippen LogP contribution is 2.30. The Morgan fingerprint density at radius 2 is 1.92 bits per heavy atom. The third-order valence-electron chi connectivity index (χ3n) is 4.35. The number of aliphatic carboxylic acids is 1. The van der Waals surface area contributed by atoms with Crippen LogP contribution in [0.5, 0.6) is 11.5 Å². The number of likely N-dealkylation sites (tertiary alicyclic amines) is 1. The van der Waals surface area contributed by atoms with Gasteiger partial charge < -0.3 is 19.5 Å². The van der Waals surface area contributed by atoms with Crippen LogP contribution < -0.4 is 9.47 Å². The minimum atomic E-state index is -0.772. The van der Waals surface area contributed by atoms with Gasteiger partial charge in [-0.05, 0) is 42.9 Å². The van der Waals surface area contributed by atoms with E-state index in [1.807, 2.05) is 0 Å².